The first-order chi connectivity index (χ1) is 11.2. The van der Waals surface area contributed by atoms with E-state index in [0.717, 1.165) is 24.2 Å². The van der Waals surface area contributed by atoms with Crippen molar-refractivity contribution in [3.8, 4) is 0 Å². The first-order valence-corrected chi connectivity index (χ1v) is 10.9. The molecule has 1 aliphatic rings. The van der Waals surface area contributed by atoms with Crippen LogP contribution in [0.3, 0.4) is 0 Å². The molecule has 0 aromatic carbocycles. The van der Waals surface area contributed by atoms with Crippen LogP contribution in [0.15, 0.2) is 16.3 Å². The van der Waals surface area contributed by atoms with Crippen molar-refractivity contribution in [3.05, 3.63) is 16.5 Å². The van der Waals surface area contributed by atoms with E-state index in [1.54, 1.807) is 6.07 Å². The van der Waals surface area contributed by atoms with Gasteiger partial charge in [0, 0.05) is 12.6 Å². The molecule has 5 nitrogen and oxygen atoms in total. The average Bonchev–Trinajstić information content (AvgIpc) is 3.14. The molecule has 1 aliphatic heterocycles. The molecule has 0 spiro atoms. The second kappa shape index (κ2) is 8.17. The molecule has 8 heteroatoms. The van der Waals surface area contributed by atoms with Crippen LogP contribution in [0.25, 0.3) is 0 Å². The fourth-order valence-corrected chi connectivity index (χ4v) is 6.10. The van der Waals surface area contributed by atoms with Gasteiger partial charge >= 0.3 is 0 Å². The number of sulfonamides is 1. The zero-order chi connectivity index (χ0) is 17.9. The third-order valence-electron chi connectivity index (χ3n) is 4.18. The summed E-state index contributed by atoms with van der Waals surface area (Å²) in [5.41, 5.74) is 0. The molecule has 1 fully saturated rings. The van der Waals surface area contributed by atoms with Crippen molar-refractivity contribution in [3.63, 3.8) is 0 Å². The standard InChI is InChI=1S/C16H25ClN2O3S2/c1-11(2)6-7-12(3)18-16(20)13-5-4-10-19(13)24(21,22)15-9-8-14(17)23-15/h8-9,11-13H,4-7,10H2,1-3H3,(H,18,20)/t12-,13-/m0/s1. The lowest BCUT2D eigenvalue weighted by molar-refractivity contribution is -0.124. The second-order valence-corrected chi connectivity index (χ2v) is 10.5. The lowest BCUT2D eigenvalue weighted by atomic mass is 10.0. The van der Waals surface area contributed by atoms with Crippen LogP contribution in [-0.2, 0) is 14.8 Å². The molecule has 0 bridgehead atoms. The van der Waals surface area contributed by atoms with E-state index in [1.165, 1.54) is 10.4 Å². The number of nitrogens with one attached hydrogen (secondary N) is 1. The number of carbonyl (C=O) groups excluding carboxylic acids is 1. The lowest BCUT2D eigenvalue weighted by Crippen LogP contribution is -2.48. The minimum absolute atomic E-state index is 0.0428. The summed E-state index contributed by atoms with van der Waals surface area (Å²) in [5, 5.41) is 2.97. The molecule has 24 heavy (non-hydrogen) atoms. The summed E-state index contributed by atoms with van der Waals surface area (Å²) in [7, 11) is -3.67. The van der Waals surface area contributed by atoms with Gasteiger partial charge in [0.25, 0.3) is 10.0 Å². The third kappa shape index (κ3) is 4.71. The van der Waals surface area contributed by atoms with E-state index in [1.807, 2.05) is 6.92 Å². The molecule has 2 rings (SSSR count). The predicted molar refractivity (Wildman–Crippen MR) is 97.9 cm³/mol. The molecular formula is C16H25ClN2O3S2. The summed E-state index contributed by atoms with van der Waals surface area (Å²) in [6, 6.07) is 2.48. The normalized spacial score (nSPS) is 20.5. The van der Waals surface area contributed by atoms with Gasteiger partial charge in [0.2, 0.25) is 5.91 Å². The summed E-state index contributed by atoms with van der Waals surface area (Å²) >= 11 is 6.88. The Kier molecular flexibility index (Phi) is 6.70. The zero-order valence-corrected chi connectivity index (χ0v) is 16.7. The number of nitrogens with zero attached hydrogens (tertiary/aromatic N) is 1. The maximum absolute atomic E-state index is 12.8. The van der Waals surface area contributed by atoms with Gasteiger partial charge in [0.1, 0.15) is 10.3 Å². The lowest BCUT2D eigenvalue weighted by Gasteiger charge is -2.24. The Labute approximate surface area is 153 Å². The third-order valence-corrected chi connectivity index (χ3v) is 7.79. The molecular weight excluding hydrogens is 368 g/mol. The summed E-state index contributed by atoms with van der Waals surface area (Å²) in [6.07, 6.45) is 3.17. The van der Waals surface area contributed by atoms with Gasteiger partial charge < -0.3 is 5.32 Å². The molecule has 1 aromatic rings. The van der Waals surface area contributed by atoms with Gasteiger partial charge in [-0.15, -0.1) is 11.3 Å². The number of carbonyl (C=O) groups is 1. The highest BCUT2D eigenvalue weighted by Crippen LogP contribution is 2.32. The number of hydrogen-bond donors (Lipinski definition) is 1. The van der Waals surface area contributed by atoms with E-state index in [9.17, 15) is 13.2 Å². The molecule has 0 saturated carbocycles. The summed E-state index contributed by atoms with van der Waals surface area (Å²) < 4.78 is 27.5. The highest BCUT2D eigenvalue weighted by molar-refractivity contribution is 7.91. The largest absolute Gasteiger partial charge is 0.352 e. The van der Waals surface area contributed by atoms with Crippen LogP contribution >= 0.6 is 22.9 Å². The predicted octanol–water partition coefficient (Wildman–Crippen LogP) is 3.50. The van der Waals surface area contributed by atoms with Crippen LogP contribution in [0.4, 0.5) is 0 Å². The van der Waals surface area contributed by atoms with Gasteiger partial charge in [-0.1, -0.05) is 25.4 Å². The zero-order valence-electron chi connectivity index (χ0n) is 14.3. The van der Waals surface area contributed by atoms with Crippen molar-refractivity contribution >= 4 is 38.9 Å². The SMILES string of the molecule is CC(C)CC[C@H](C)NC(=O)[C@@H]1CCCN1S(=O)(=O)c1ccc(Cl)s1. The second-order valence-electron chi connectivity index (χ2n) is 6.71. The molecule has 2 heterocycles. The van der Waals surface area contributed by atoms with Crippen LogP contribution in [0, 0.1) is 5.92 Å². The Morgan fingerprint density at radius 1 is 1.38 bits per heavy atom. The summed E-state index contributed by atoms with van der Waals surface area (Å²) in [6.45, 7) is 6.63. The van der Waals surface area contributed by atoms with Gasteiger partial charge in [-0.3, -0.25) is 4.79 Å². The van der Waals surface area contributed by atoms with Crippen molar-refractivity contribution in [2.75, 3.05) is 6.54 Å². The Morgan fingerprint density at radius 3 is 2.67 bits per heavy atom. The molecule has 0 aliphatic carbocycles. The molecule has 1 aromatic heterocycles. The van der Waals surface area contributed by atoms with Gasteiger partial charge in [-0.05, 0) is 50.7 Å². The number of halogens is 1. The van der Waals surface area contributed by atoms with Crippen LogP contribution in [0.1, 0.15) is 46.5 Å². The molecule has 1 amide bonds. The Morgan fingerprint density at radius 2 is 2.08 bits per heavy atom. The monoisotopic (exact) mass is 392 g/mol. The fourth-order valence-electron chi connectivity index (χ4n) is 2.84. The topological polar surface area (TPSA) is 66.5 Å². The Hall–Kier alpha value is -0.630. The average molecular weight is 393 g/mol. The maximum Gasteiger partial charge on any atom is 0.253 e. The highest BCUT2D eigenvalue weighted by atomic mass is 35.5. The van der Waals surface area contributed by atoms with Crippen LogP contribution in [0.2, 0.25) is 4.34 Å². The van der Waals surface area contributed by atoms with E-state index in [-0.39, 0.29) is 16.2 Å². The Bertz CT molecular complexity index is 673. The van der Waals surface area contributed by atoms with Gasteiger partial charge in [-0.25, -0.2) is 8.42 Å². The number of thiophene rings is 1. The summed E-state index contributed by atoms with van der Waals surface area (Å²) in [5.74, 6) is 0.381. The van der Waals surface area contributed by atoms with Gasteiger partial charge in [0.15, 0.2) is 0 Å². The van der Waals surface area contributed by atoms with Crippen molar-refractivity contribution < 1.29 is 13.2 Å². The molecule has 1 N–H and O–H groups in total. The number of amides is 1. The van der Waals surface area contributed by atoms with Gasteiger partial charge in [-0.2, -0.15) is 4.31 Å². The van der Waals surface area contributed by atoms with E-state index in [0.29, 0.717) is 29.6 Å². The fraction of sp³-hybridized carbons (Fsp3) is 0.688. The highest BCUT2D eigenvalue weighted by Gasteiger charge is 2.40. The summed E-state index contributed by atoms with van der Waals surface area (Å²) in [4.78, 5) is 12.6. The van der Waals surface area contributed by atoms with Crippen molar-refractivity contribution in [1.29, 1.82) is 0 Å². The Balaban J connectivity index is 2.05. The minimum Gasteiger partial charge on any atom is -0.352 e. The first-order valence-electron chi connectivity index (χ1n) is 8.29. The van der Waals surface area contributed by atoms with E-state index in [2.05, 4.69) is 19.2 Å². The first kappa shape index (κ1) is 19.7. The molecule has 0 radical (unpaired) electrons. The van der Waals surface area contributed by atoms with Crippen molar-refractivity contribution in [1.82, 2.24) is 9.62 Å². The molecule has 136 valence electrons. The van der Waals surface area contributed by atoms with Gasteiger partial charge in [0.05, 0.1) is 4.34 Å². The molecule has 0 unspecified atom stereocenters. The van der Waals surface area contributed by atoms with E-state index < -0.39 is 16.1 Å². The van der Waals surface area contributed by atoms with E-state index >= 15 is 0 Å². The smallest absolute Gasteiger partial charge is 0.253 e. The van der Waals surface area contributed by atoms with Crippen molar-refractivity contribution in [2.45, 2.75) is 62.7 Å². The molecule has 2 atom stereocenters. The quantitative estimate of drug-likeness (QED) is 0.772. The number of hydrogen-bond acceptors (Lipinski definition) is 4. The van der Waals surface area contributed by atoms with Crippen molar-refractivity contribution in [2.24, 2.45) is 5.92 Å². The maximum atomic E-state index is 12.8. The minimum atomic E-state index is -3.67. The van der Waals surface area contributed by atoms with Crippen LogP contribution in [0.5, 0.6) is 0 Å². The van der Waals surface area contributed by atoms with E-state index in [4.69, 9.17) is 11.6 Å². The van der Waals surface area contributed by atoms with Crippen LogP contribution < -0.4 is 5.32 Å². The van der Waals surface area contributed by atoms with Crippen LogP contribution in [-0.4, -0.2) is 37.3 Å². The molecule has 1 saturated heterocycles. The number of rotatable bonds is 7.